The van der Waals surface area contributed by atoms with Crippen molar-refractivity contribution in [2.45, 2.75) is 0 Å². The Labute approximate surface area is 799 Å². The lowest BCUT2D eigenvalue weighted by Gasteiger charge is -2.16. The molecule has 7 heteroatoms. The van der Waals surface area contributed by atoms with E-state index in [1.165, 1.54) is 176 Å². The van der Waals surface area contributed by atoms with E-state index in [1.807, 2.05) is 34.8 Å². The zero-order chi connectivity index (χ0) is 90.6. The molecule has 0 N–H and O–H groups in total. The standard InChI is InChI=1S/C47H27NOS.C43H25NO.C41H25NS/c1-2-10-32-26-33(21-16-28(32)8-1)39-27-40(31-19-17-30(18-20-31)35-13-7-14-38-36-12-5-6-15-41(36)49-47(35)38)48-46-37(39)23-25-43-45(46)44-34-11-4-3-9-29(34)22-24-42(44)50-43;1-5-15-30-26(10-1)14-9-19-34(30)36-25-37(40-32-17-7-3-12-28(32)24-29-13-4-8-18-33(29)40)44-43-35(36)21-23-39-42(43)41-31-16-6-2-11-27(31)20-22-38(41)45-39;1-2-10-26(11-3-1)29-15-8-16-30(24-29)36-25-35(33-19-9-14-27-12-4-6-17-31(27)33)34-21-23-38-40(41(34)42-36)39-32-18-7-5-13-28(32)20-22-37(39)43-38/h1-27H;1-25H;1-25H. The van der Waals surface area contributed by atoms with Gasteiger partial charge in [-0.3, -0.25) is 0 Å². The summed E-state index contributed by atoms with van der Waals surface area (Å²) in [7, 11) is 0. The van der Waals surface area contributed by atoms with Gasteiger partial charge in [-0.15, -0.1) is 22.7 Å². The first-order valence-electron chi connectivity index (χ1n) is 47.0. The molecule has 0 fully saturated rings. The smallest absolute Gasteiger partial charge is 0.143 e. The molecule has 0 spiro atoms. The summed E-state index contributed by atoms with van der Waals surface area (Å²) >= 11 is 3.71. The Hall–Kier alpha value is -17.6. The van der Waals surface area contributed by atoms with E-state index in [0.29, 0.717) is 0 Å². The Kier molecular flexibility index (Phi) is 18.4. The average molecular weight is 1790 g/mol. The van der Waals surface area contributed by atoms with Crippen molar-refractivity contribution in [1.29, 1.82) is 0 Å². The summed E-state index contributed by atoms with van der Waals surface area (Å²) in [6.07, 6.45) is 0. The van der Waals surface area contributed by atoms with Crippen LogP contribution in [0.15, 0.2) is 476 Å². The van der Waals surface area contributed by atoms with Crippen molar-refractivity contribution in [3.8, 4) is 89.4 Å². The minimum Gasteiger partial charge on any atom is -0.456 e. The van der Waals surface area contributed by atoms with Crippen molar-refractivity contribution in [3.63, 3.8) is 0 Å². The molecule has 0 saturated carbocycles. The number of thiophene rings is 2. The molecule has 30 aromatic rings. The van der Waals surface area contributed by atoms with Crippen LogP contribution in [0, 0.1) is 0 Å². The highest BCUT2D eigenvalue weighted by Gasteiger charge is 2.26. The van der Waals surface area contributed by atoms with E-state index in [4.69, 9.17) is 23.8 Å². The van der Waals surface area contributed by atoms with Gasteiger partial charge in [-0.05, 0) is 221 Å². The molecule has 0 unspecified atom stereocenters. The fraction of sp³-hybridized carbons (Fsp3) is 0. The molecule has 5 nitrogen and oxygen atoms in total. The monoisotopic (exact) mass is 1790 g/mol. The third kappa shape index (κ3) is 13.0. The van der Waals surface area contributed by atoms with E-state index in [-0.39, 0.29) is 0 Å². The van der Waals surface area contributed by atoms with Crippen molar-refractivity contribution in [1.82, 2.24) is 15.0 Å². The number of benzene rings is 23. The molecule has 23 aromatic carbocycles. The van der Waals surface area contributed by atoms with Crippen LogP contribution < -0.4 is 0 Å². The third-order valence-corrected chi connectivity index (χ3v) is 30.6. The average Bonchev–Trinajstić information content (AvgIpc) is 1.49. The number of rotatable bonds is 8. The molecule has 138 heavy (non-hydrogen) atoms. The summed E-state index contributed by atoms with van der Waals surface area (Å²) in [5.41, 5.74) is 24.7. The van der Waals surface area contributed by atoms with Crippen LogP contribution >= 0.6 is 22.7 Å². The summed E-state index contributed by atoms with van der Waals surface area (Å²) in [5.74, 6) is 0. The topological polar surface area (TPSA) is 65.0 Å². The number of furan rings is 2. The number of para-hydroxylation sites is 2. The zero-order valence-electron chi connectivity index (χ0n) is 74.4. The molecule has 0 amide bonds. The lowest BCUT2D eigenvalue weighted by molar-refractivity contribution is 0.669. The number of fused-ring (bicyclic) bond motifs is 29. The molecule has 0 aliphatic rings. The van der Waals surface area contributed by atoms with Gasteiger partial charge in [0.25, 0.3) is 0 Å². The number of hydrogen-bond donors (Lipinski definition) is 0. The number of aromatic nitrogens is 3. The SMILES string of the molecule is c1ccc(-c2cccc(-c3cc(-c4cccc5ccccc45)c4ccc5sc6ccc7ccccc7c6c5c4n3)c2)cc1.c1ccc2c(-c3cc(-c4c5ccccc5cc5ccccc45)nc4c3ccc3oc5ccc6ccccc6c5c34)cccc2c1.c1ccc2cc(-c3cc(-c4ccc(-c5cccc6c5oc5ccccc56)cc4)nc4c3ccc3sc5ccc6ccccc6c5c34)ccc2c1. The van der Waals surface area contributed by atoms with Crippen LogP contribution in [0.4, 0.5) is 0 Å². The summed E-state index contributed by atoms with van der Waals surface area (Å²) in [5, 5.41) is 32.6. The molecule has 0 aliphatic carbocycles. The molecular weight excluding hydrogens is 1710 g/mol. The maximum atomic E-state index is 6.53. The van der Waals surface area contributed by atoms with Crippen molar-refractivity contribution < 1.29 is 8.83 Å². The second kappa shape index (κ2) is 32.1. The van der Waals surface area contributed by atoms with Gasteiger partial charge >= 0.3 is 0 Å². The molecule has 0 saturated heterocycles. The first-order valence-corrected chi connectivity index (χ1v) is 48.6. The minimum absolute atomic E-state index is 0.852. The molecule has 0 atom stereocenters. The second-order valence-corrected chi connectivity index (χ2v) is 38.2. The molecular formula is C131H77N3O2S2. The highest BCUT2D eigenvalue weighted by molar-refractivity contribution is 7.26. The quantitative estimate of drug-likeness (QED) is 0.142. The van der Waals surface area contributed by atoms with Crippen LogP contribution in [-0.4, -0.2) is 15.0 Å². The Bertz CT molecular complexity index is 10300. The number of hydrogen-bond acceptors (Lipinski definition) is 7. The Morgan fingerprint density at radius 3 is 1.17 bits per heavy atom. The molecule has 30 rings (SSSR count). The van der Waals surface area contributed by atoms with E-state index in [0.717, 1.165) is 116 Å². The summed E-state index contributed by atoms with van der Waals surface area (Å²) in [6.45, 7) is 0. The highest BCUT2D eigenvalue weighted by atomic mass is 32.1. The number of pyridine rings is 3. The summed E-state index contributed by atoms with van der Waals surface area (Å²) in [4.78, 5) is 16.6. The van der Waals surface area contributed by atoms with Gasteiger partial charge in [-0.1, -0.05) is 382 Å². The minimum atomic E-state index is 0.852. The van der Waals surface area contributed by atoms with E-state index in [1.54, 1.807) is 0 Å². The third-order valence-electron chi connectivity index (χ3n) is 28.3. The van der Waals surface area contributed by atoms with Crippen molar-refractivity contribution >= 4 is 226 Å². The van der Waals surface area contributed by atoms with Crippen LogP contribution in [0.5, 0.6) is 0 Å². The second-order valence-electron chi connectivity index (χ2n) is 36.1. The van der Waals surface area contributed by atoms with Crippen molar-refractivity contribution in [3.05, 3.63) is 467 Å². The maximum Gasteiger partial charge on any atom is 0.143 e. The first kappa shape index (κ1) is 79.0. The summed E-state index contributed by atoms with van der Waals surface area (Å²) < 4.78 is 18.0. The van der Waals surface area contributed by atoms with Gasteiger partial charge in [0.05, 0.1) is 39.0 Å². The molecule has 7 aromatic heterocycles. The Morgan fingerprint density at radius 2 is 0.543 bits per heavy atom. The van der Waals surface area contributed by atoms with Gasteiger partial charge in [0.2, 0.25) is 0 Å². The van der Waals surface area contributed by atoms with Crippen LogP contribution in [0.1, 0.15) is 0 Å². The van der Waals surface area contributed by atoms with Gasteiger partial charge < -0.3 is 8.83 Å². The van der Waals surface area contributed by atoms with Gasteiger partial charge in [-0.2, -0.15) is 0 Å². The lowest BCUT2D eigenvalue weighted by Crippen LogP contribution is -1.93. The van der Waals surface area contributed by atoms with Crippen LogP contribution in [0.2, 0.25) is 0 Å². The predicted octanol–water partition coefficient (Wildman–Crippen LogP) is 37.8. The van der Waals surface area contributed by atoms with Crippen LogP contribution in [0.3, 0.4) is 0 Å². The van der Waals surface area contributed by atoms with Crippen LogP contribution in [-0.2, 0) is 0 Å². The van der Waals surface area contributed by atoms with Gasteiger partial charge in [0, 0.05) is 94.9 Å². The van der Waals surface area contributed by atoms with E-state index in [9.17, 15) is 0 Å². The maximum absolute atomic E-state index is 6.53. The van der Waals surface area contributed by atoms with Crippen LogP contribution in [0.25, 0.3) is 293 Å². The lowest BCUT2D eigenvalue weighted by atomic mass is 9.90. The summed E-state index contributed by atoms with van der Waals surface area (Å²) in [6, 6.07) is 168. The molecule has 640 valence electrons. The highest BCUT2D eigenvalue weighted by Crippen LogP contribution is 2.51. The fourth-order valence-corrected chi connectivity index (χ4v) is 24.1. The van der Waals surface area contributed by atoms with Crippen molar-refractivity contribution in [2.75, 3.05) is 0 Å². The van der Waals surface area contributed by atoms with Gasteiger partial charge in [0.1, 0.15) is 22.3 Å². The van der Waals surface area contributed by atoms with Gasteiger partial charge in [-0.25, -0.2) is 15.0 Å². The zero-order valence-corrected chi connectivity index (χ0v) is 76.1. The Morgan fingerprint density at radius 1 is 0.159 bits per heavy atom. The van der Waals surface area contributed by atoms with E-state index < -0.39 is 0 Å². The fourth-order valence-electron chi connectivity index (χ4n) is 21.9. The molecule has 7 heterocycles. The Balaban J connectivity index is 0.000000102. The van der Waals surface area contributed by atoms with Crippen molar-refractivity contribution in [2.24, 2.45) is 0 Å². The van der Waals surface area contributed by atoms with Gasteiger partial charge in [0.15, 0.2) is 0 Å². The number of nitrogens with zero attached hydrogens (tertiary/aromatic N) is 3. The van der Waals surface area contributed by atoms with E-state index >= 15 is 0 Å². The molecule has 0 aliphatic heterocycles. The van der Waals surface area contributed by atoms with E-state index in [2.05, 4.69) is 455 Å². The molecule has 0 bridgehead atoms. The normalized spacial score (nSPS) is 11.9. The predicted molar refractivity (Wildman–Crippen MR) is 589 cm³/mol. The first-order chi connectivity index (χ1) is 68.4. The largest absolute Gasteiger partial charge is 0.456 e. The molecule has 0 radical (unpaired) electrons.